The molecule has 0 bridgehead atoms. The summed E-state index contributed by atoms with van der Waals surface area (Å²) < 4.78 is 0. The predicted octanol–water partition coefficient (Wildman–Crippen LogP) is 1.50. The summed E-state index contributed by atoms with van der Waals surface area (Å²) in [4.78, 5) is 11.5. The van der Waals surface area contributed by atoms with Gasteiger partial charge in [0, 0.05) is 29.1 Å². The van der Waals surface area contributed by atoms with Crippen LogP contribution in [0.1, 0.15) is 13.3 Å². The van der Waals surface area contributed by atoms with Gasteiger partial charge in [0.05, 0.1) is 6.07 Å². The normalized spacial score (nSPS) is 22.8. The van der Waals surface area contributed by atoms with Gasteiger partial charge in [-0.15, -0.1) is 0 Å². The Kier molecular flexibility index (Phi) is 5.96. The standard InChI is InChI=1S/C10H16N2OS2/c1-2-8(5-11)10(13)12-6-9-7-14-3-4-15-9/h8-9H,2-4,6-7H2,1H3,(H,12,13). The third-order valence-electron chi connectivity index (χ3n) is 2.27. The maximum atomic E-state index is 11.5. The number of hydrogen-bond donors (Lipinski definition) is 1. The molecule has 0 aromatic rings. The highest BCUT2D eigenvalue weighted by molar-refractivity contribution is 8.06. The number of nitriles is 1. The summed E-state index contributed by atoms with van der Waals surface area (Å²) in [5.74, 6) is 2.89. The van der Waals surface area contributed by atoms with Crippen molar-refractivity contribution in [2.75, 3.05) is 23.8 Å². The minimum Gasteiger partial charge on any atom is -0.354 e. The molecular formula is C10H16N2OS2. The maximum absolute atomic E-state index is 11.5. The number of nitrogens with zero attached hydrogens (tertiary/aromatic N) is 1. The van der Waals surface area contributed by atoms with Gasteiger partial charge in [-0.05, 0) is 6.42 Å². The lowest BCUT2D eigenvalue weighted by atomic mass is 10.1. The molecule has 0 saturated carbocycles. The van der Waals surface area contributed by atoms with E-state index >= 15 is 0 Å². The number of rotatable bonds is 4. The van der Waals surface area contributed by atoms with Crippen molar-refractivity contribution >= 4 is 29.4 Å². The molecule has 1 saturated heterocycles. The van der Waals surface area contributed by atoms with E-state index in [0.29, 0.717) is 18.2 Å². The number of nitrogens with one attached hydrogen (secondary N) is 1. The van der Waals surface area contributed by atoms with Gasteiger partial charge in [-0.1, -0.05) is 6.92 Å². The first kappa shape index (κ1) is 12.7. The van der Waals surface area contributed by atoms with Crippen LogP contribution in [-0.2, 0) is 4.79 Å². The van der Waals surface area contributed by atoms with Crippen LogP contribution in [-0.4, -0.2) is 35.0 Å². The maximum Gasteiger partial charge on any atom is 0.237 e. The smallest absolute Gasteiger partial charge is 0.237 e. The van der Waals surface area contributed by atoms with E-state index in [1.165, 1.54) is 11.5 Å². The van der Waals surface area contributed by atoms with Crippen molar-refractivity contribution in [3.63, 3.8) is 0 Å². The minimum absolute atomic E-state index is 0.115. The Labute approximate surface area is 99.4 Å². The molecule has 5 heteroatoms. The molecule has 1 aliphatic rings. The summed E-state index contributed by atoms with van der Waals surface area (Å²) >= 11 is 3.85. The summed E-state index contributed by atoms with van der Waals surface area (Å²) in [6.07, 6.45) is 0.592. The minimum atomic E-state index is -0.480. The van der Waals surface area contributed by atoms with Gasteiger partial charge in [-0.25, -0.2) is 0 Å². The Hall–Kier alpha value is -0.340. The summed E-state index contributed by atoms with van der Waals surface area (Å²) in [6, 6.07) is 2.02. The lowest BCUT2D eigenvalue weighted by Crippen LogP contribution is -2.36. The average Bonchev–Trinajstić information content (AvgIpc) is 2.29. The molecule has 0 aromatic heterocycles. The SMILES string of the molecule is CCC(C#N)C(=O)NCC1CSCCS1. The lowest BCUT2D eigenvalue weighted by molar-refractivity contribution is -0.123. The Morgan fingerprint density at radius 3 is 3.00 bits per heavy atom. The monoisotopic (exact) mass is 244 g/mol. The summed E-state index contributed by atoms with van der Waals surface area (Å²) in [5.41, 5.74) is 0. The topological polar surface area (TPSA) is 52.9 Å². The zero-order valence-electron chi connectivity index (χ0n) is 8.86. The van der Waals surface area contributed by atoms with Crippen LogP contribution in [0.5, 0.6) is 0 Å². The molecular weight excluding hydrogens is 228 g/mol. The highest BCUT2D eigenvalue weighted by Gasteiger charge is 2.18. The van der Waals surface area contributed by atoms with Gasteiger partial charge in [0.25, 0.3) is 0 Å². The second kappa shape index (κ2) is 7.02. The van der Waals surface area contributed by atoms with Gasteiger partial charge in [-0.2, -0.15) is 28.8 Å². The zero-order chi connectivity index (χ0) is 11.1. The molecule has 84 valence electrons. The number of carbonyl (C=O) groups is 1. The zero-order valence-corrected chi connectivity index (χ0v) is 10.5. The van der Waals surface area contributed by atoms with Gasteiger partial charge in [0.1, 0.15) is 5.92 Å². The third-order valence-corrected chi connectivity index (χ3v) is 5.11. The fraction of sp³-hybridized carbons (Fsp3) is 0.800. The third kappa shape index (κ3) is 4.35. The number of hydrogen-bond acceptors (Lipinski definition) is 4. The quantitative estimate of drug-likeness (QED) is 0.814. The lowest BCUT2D eigenvalue weighted by Gasteiger charge is -2.21. The van der Waals surface area contributed by atoms with Gasteiger partial charge in [-0.3, -0.25) is 4.79 Å². The van der Waals surface area contributed by atoms with E-state index < -0.39 is 5.92 Å². The van der Waals surface area contributed by atoms with E-state index in [9.17, 15) is 4.79 Å². The fourth-order valence-electron chi connectivity index (χ4n) is 1.33. The first-order chi connectivity index (χ1) is 7.27. The van der Waals surface area contributed by atoms with Crippen molar-refractivity contribution in [1.29, 1.82) is 5.26 Å². The van der Waals surface area contributed by atoms with Crippen LogP contribution < -0.4 is 5.32 Å². The molecule has 1 heterocycles. The van der Waals surface area contributed by atoms with Crippen molar-refractivity contribution in [2.24, 2.45) is 5.92 Å². The van der Waals surface area contributed by atoms with Crippen LogP contribution >= 0.6 is 23.5 Å². The van der Waals surface area contributed by atoms with Crippen LogP contribution in [0, 0.1) is 17.2 Å². The molecule has 3 nitrogen and oxygen atoms in total. The predicted molar refractivity (Wildman–Crippen MR) is 66.0 cm³/mol. The van der Waals surface area contributed by atoms with E-state index in [0.717, 1.165) is 5.75 Å². The van der Waals surface area contributed by atoms with Gasteiger partial charge in [0.15, 0.2) is 0 Å². The summed E-state index contributed by atoms with van der Waals surface area (Å²) in [5, 5.41) is 12.1. The first-order valence-corrected chi connectivity index (χ1v) is 7.35. The summed E-state index contributed by atoms with van der Waals surface area (Å²) in [7, 11) is 0. The fourth-order valence-corrected chi connectivity index (χ4v) is 3.94. The molecule has 0 radical (unpaired) electrons. The molecule has 1 aliphatic heterocycles. The first-order valence-electron chi connectivity index (χ1n) is 5.14. The molecule has 1 N–H and O–H groups in total. The molecule has 2 atom stereocenters. The summed E-state index contributed by atoms with van der Waals surface area (Å²) in [6.45, 7) is 2.56. The van der Waals surface area contributed by atoms with Crippen molar-refractivity contribution in [1.82, 2.24) is 5.32 Å². The van der Waals surface area contributed by atoms with E-state index in [4.69, 9.17) is 5.26 Å². The molecule has 0 aliphatic carbocycles. The van der Waals surface area contributed by atoms with Crippen molar-refractivity contribution in [3.8, 4) is 6.07 Å². The Morgan fingerprint density at radius 1 is 1.67 bits per heavy atom. The van der Waals surface area contributed by atoms with E-state index in [1.54, 1.807) is 0 Å². The van der Waals surface area contributed by atoms with E-state index in [2.05, 4.69) is 5.32 Å². The largest absolute Gasteiger partial charge is 0.354 e. The molecule has 0 aromatic carbocycles. The van der Waals surface area contributed by atoms with Gasteiger partial charge < -0.3 is 5.32 Å². The second-order valence-corrected chi connectivity index (χ2v) is 5.96. The molecule has 0 spiro atoms. The molecule has 2 unspecified atom stereocenters. The average molecular weight is 244 g/mol. The molecule has 15 heavy (non-hydrogen) atoms. The Morgan fingerprint density at radius 2 is 2.47 bits per heavy atom. The van der Waals surface area contributed by atoms with Crippen molar-refractivity contribution < 1.29 is 4.79 Å². The highest BCUT2D eigenvalue weighted by atomic mass is 32.2. The van der Waals surface area contributed by atoms with E-state index in [1.807, 2.05) is 36.5 Å². The van der Waals surface area contributed by atoms with Crippen LogP contribution in [0.3, 0.4) is 0 Å². The van der Waals surface area contributed by atoms with Crippen LogP contribution in [0.4, 0.5) is 0 Å². The van der Waals surface area contributed by atoms with Crippen molar-refractivity contribution in [2.45, 2.75) is 18.6 Å². The van der Waals surface area contributed by atoms with Crippen molar-refractivity contribution in [3.05, 3.63) is 0 Å². The van der Waals surface area contributed by atoms with Crippen LogP contribution in [0.2, 0.25) is 0 Å². The highest BCUT2D eigenvalue weighted by Crippen LogP contribution is 2.23. The van der Waals surface area contributed by atoms with E-state index in [-0.39, 0.29) is 5.91 Å². The molecule has 1 rings (SSSR count). The Balaban J connectivity index is 2.23. The Bertz CT molecular complexity index is 246. The van der Waals surface area contributed by atoms with Gasteiger partial charge in [0.2, 0.25) is 5.91 Å². The molecule has 1 amide bonds. The number of thioether (sulfide) groups is 2. The van der Waals surface area contributed by atoms with Crippen LogP contribution in [0.15, 0.2) is 0 Å². The molecule has 1 fully saturated rings. The van der Waals surface area contributed by atoms with Gasteiger partial charge >= 0.3 is 0 Å². The van der Waals surface area contributed by atoms with Crippen LogP contribution in [0.25, 0.3) is 0 Å². The number of amides is 1. The second-order valence-electron chi connectivity index (χ2n) is 3.40. The number of carbonyl (C=O) groups excluding carboxylic acids is 1.